The summed E-state index contributed by atoms with van der Waals surface area (Å²) in [7, 11) is 0. The van der Waals surface area contributed by atoms with Gasteiger partial charge in [0.1, 0.15) is 13.2 Å². The highest BCUT2D eigenvalue weighted by Gasteiger charge is 2.55. The van der Waals surface area contributed by atoms with Crippen molar-refractivity contribution >= 4 is 21.9 Å². The molecule has 0 N–H and O–H groups in total. The minimum atomic E-state index is -0.227. The Morgan fingerprint density at radius 1 is 1.16 bits per heavy atom. The van der Waals surface area contributed by atoms with Gasteiger partial charge in [-0.1, -0.05) is 15.9 Å². The van der Waals surface area contributed by atoms with E-state index in [1.54, 1.807) is 0 Å². The van der Waals surface area contributed by atoms with Crippen LogP contribution in [0, 0.1) is 23.7 Å². The fraction of sp³-hybridized carbons (Fsp3) is 0.933. The third kappa shape index (κ3) is 2.58. The van der Waals surface area contributed by atoms with Crippen molar-refractivity contribution in [3.8, 4) is 0 Å². The molecule has 4 fully saturated rings. The molecule has 0 aliphatic heterocycles. The van der Waals surface area contributed by atoms with E-state index >= 15 is 0 Å². The van der Waals surface area contributed by atoms with E-state index in [4.69, 9.17) is 9.47 Å². The van der Waals surface area contributed by atoms with Crippen molar-refractivity contribution in [3.05, 3.63) is 0 Å². The number of carbonyl (C=O) groups excluding carboxylic acids is 1. The Kier molecular flexibility index (Phi) is 3.91. The Morgan fingerprint density at radius 3 is 2.26 bits per heavy atom. The molecule has 0 atom stereocenters. The number of rotatable bonds is 5. The van der Waals surface area contributed by atoms with E-state index in [1.807, 2.05) is 0 Å². The second-order valence-electron chi connectivity index (χ2n) is 6.69. The Bertz CT molecular complexity index is 327. The van der Waals surface area contributed by atoms with Crippen LogP contribution in [0.5, 0.6) is 0 Å². The van der Waals surface area contributed by atoms with Crippen molar-refractivity contribution in [1.82, 2.24) is 0 Å². The average Bonchev–Trinajstić information content (AvgIpc) is 2.39. The number of hydrogen-bond acceptors (Lipinski definition) is 3. The van der Waals surface area contributed by atoms with Gasteiger partial charge in [-0.3, -0.25) is 0 Å². The zero-order valence-corrected chi connectivity index (χ0v) is 13.2. The lowest BCUT2D eigenvalue weighted by molar-refractivity contribution is -0.202. The molecule has 0 saturated heterocycles. The molecule has 0 unspecified atom stereocenters. The second kappa shape index (κ2) is 5.36. The largest absolute Gasteiger partial charge is 0.463 e. The molecule has 4 rings (SSSR count). The van der Waals surface area contributed by atoms with Gasteiger partial charge in [0.05, 0.1) is 5.60 Å². The maximum Gasteiger partial charge on any atom is 0.332 e. The molecular formula is C15H23BrO3. The third-order valence-electron chi connectivity index (χ3n) is 5.60. The van der Waals surface area contributed by atoms with Gasteiger partial charge < -0.3 is 9.47 Å². The maximum atomic E-state index is 11.6. The maximum absolute atomic E-state index is 11.6. The van der Waals surface area contributed by atoms with E-state index in [9.17, 15) is 4.79 Å². The summed E-state index contributed by atoms with van der Waals surface area (Å²) in [6, 6.07) is 0. The number of halogens is 1. The summed E-state index contributed by atoms with van der Waals surface area (Å²) in [5.74, 6) is 2.95. The molecule has 4 aliphatic rings. The first-order valence-electron chi connectivity index (χ1n) is 7.47. The van der Waals surface area contributed by atoms with Gasteiger partial charge in [-0.15, -0.1) is 0 Å². The number of esters is 1. The van der Waals surface area contributed by atoms with Crippen molar-refractivity contribution in [3.63, 3.8) is 0 Å². The van der Waals surface area contributed by atoms with E-state index in [-0.39, 0.29) is 18.2 Å². The van der Waals surface area contributed by atoms with Crippen LogP contribution < -0.4 is 0 Å². The Morgan fingerprint density at radius 2 is 1.74 bits per heavy atom. The van der Waals surface area contributed by atoms with Crippen LogP contribution in [0.3, 0.4) is 0 Å². The van der Waals surface area contributed by atoms with E-state index in [0.717, 1.165) is 11.8 Å². The molecule has 4 bridgehead atoms. The minimum Gasteiger partial charge on any atom is -0.463 e. The van der Waals surface area contributed by atoms with Gasteiger partial charge in [0.2, 0.25) is 0 Å². The van der Waals surface area contributed by atoms with Crippen molar-refractivity contribution in [2.75, 3.05) is 18.5 Å². The number of carbonyl (C=O) groups is 1. The van der Waals surface area contributed by atoms with Crippen LogP contribution in [0.1, 0.15) is 39.0 Å². The number of ether oxygens (including phenoxy) is 2. The van der Waals surface area contributed by atoms with E-state index in [1.165, 1.54) is 32.1 Å². The molecule has 4 saturated carbocycles. The van der Waals surface area contributed by atoms with Crippen molar-refractivity contribution in [2.45, 2.75) is 44.6 Å². The van der Waals surface area contributed by atoms with Crippen LogP contribution >= 0.6 is 15.9 Å². The highest BCUT2D eigenvalue weighted by Crippen LogP contribution is 2.59. The molecule has 0 spiro atoms. The zero-order valence-electron chi connectivity index (χ0n) is 11.6. The molecule has 4 heteroatoms. The van der Waals surface area contributed by atoms with Crippen LogP contribution in [-0.4, -0.2) is 30.1 Å². The average molecular weight is 331 g/mol. The van der Waals surface area contributed by atoms with Gasteiger partial charge >= 0.3 is 5.97 Å². The van der Waals surface area contributed by atoms with E-state index in [0.29, 0.717) is 23.8 Å². The molecule has 0 heterocycles. The first-order chi connectivity index (χ1) is 9.11. The lowest BCUT2D eigenvalue weighted by atomic mass is 9.50. The number of alkyl halides is 1. The lowest BCUT2D eigenvalue weighted by Gasteiger charge is -2.59. The zero-order chi connectivity index (χ0) is 13.5. The van der Waals surface area contributed by atoms with Gasteiger partial charge in [-0.05, 0) is 62.7 Å². The highest BCUT2D eigenvalue weighted by molar-refractivity contribution is 9.09. The summed E-state index contributed by atoms with van der Waals surface area (Å²) in [6.07, 6.45) is 6.66. The summed E-state index contributed by atoms with van der Waals surface area (Å²) in [5.41, 5.74) is -0.0825. The van der Waals surface area contributed by atoms with Gasteiger partial charge in [0, 0.05) is 5.33 Å². The van der Waals surface area contributed by atoms with Gasteiger partial charge in [-0.2, -0.15) is 0 Å². The summed E-state index contributed by atoms with van der Waals surface area (Å²) < 4.78 is 11.1. The molecule has 0 aromatic heterocycles. The fourth-order valence-corrected chi connectivity index (χ4v) is 4.93. The summed E-state index contributed by atoms with van der Waals surface area (Å²) >= 11 is 3.25. The van der Waals surface area contributed by atoms with Gasteiger partial charge in [0.25, 0.3) is 0 Å². The molecular weight excluding hydrogens is 308 g/mol. The molecule has 0 radical (unpaired) electrons. The Labute approximate surface area is 123 Å². The number of hydrogen-bond donors (Lipinski definition) is 0. The summed E-state index contributed by atoms with van der Waals surface area (Å²) in [6.45, 7) is 2.78. The molecule has 19 heavy (non-hydrogen) atoms. The van der Waals surface area contributed by atoms with Crippen molar-refractivity contribution in [2.24, 2.45) is 23.7 Å². The van der Waals surface area contributed by atoms with E-state index in [2.05, 4.69) is 22.9 Å². The van der Waals surface area contributed by atoms with Crippen LogP contribution in [0.25, 0.3) is 0 Å². The molecule has 3 nitrogen and oxygen atoms in total. The lowest BCUT2D eigenvalue weighted by Crippen LogP contribution is -2.57. The van der Waals surface area contributed by atoms with Crippen LogP contribution in [0.2, 0.25) is 0 Å². The minimum absolute atomic E-state index is 0.0825. The summed E-state index contributed by atoms with van der Waals surface area (Å²) in [4.78, 5) is 11.6. The van der Waals surface area contributed by atoms with Gasteiger partial charge in [-0.25, -0.2) is 4.79 Å². The van der Waals surface area contributed by atoms with Crippen LogP contribution in [-0.2, 0) is 14.3 Å². The molecule has 0 aromatic rings. The normalized spacial score (nSPS) is 43.5. The first-order valence-corrected chi connectivity index (χ1v) is 8.59. The smallest absolute Gasteiger partial charge is 0.332 e. The highest BCUT2D eigenvalue weighted by atomic mass is 79.9. The van der Waals surface area contributed by atoms with Crippen molar-refractivity contribution in [1.29, 1.82) is 0 Å². The van der Waals surface area contributed by atoms with Crippen molar-refractivity contribution < 1.29 is 14.3 Å². The second-order valence-corrected chi connectivity index (χ2v) is 7.48. The molecule has 4 aliphatic carbocycles. The van der Waals surface area contributed by atoms with Gasteiger partial charge in [0.15, 0.2) is 0 Å². The Balaban J connectivity index is 1.59. The monoisotopic (exact) mass is 330 g/mol. The first kappa shape index (κ1) is 13.9. The molecule has 108 valence electrons. The Hall–Kier alpha value is -0.0900. The van der Waals surface area contributed by atoms with E-state index < -0.39 is 0 Å². The predicted molar refractivity (Wildman–Crippen MR) is 76.2 cm³/mol. The fourth-order valence-electron chi connectivity index (χ4n) is 4.76. The summed E-state index contributed by atoms with van der Waals surface area (Å²) in [5, 5.41) is 0.685. The van der Waals surface area contributed by atoms with Crippen LogP contribution in [0.15, 0.2) is 0 Å². The SMILES string of the molecule is CC1(OCC(=O)OCCBr)C2CC3CC(C2)CC1C3. The molecule has 0 amide bonds. The third-order valence-corrected chi connectivity index (χ3v) is 5.92. The topological polar surface area (TPSA) is 35.5 Å². The quantitative estimate of drug-likeness (QED) is 0.573. The standard InChI is InChI=1S/C15H23BrO3/c1-15(19-9-14(17)18-3-2-16)12-5-10-4-11(7-12)8-13(15)6-10/h10-13H,2-9H2,1H3. The van der Waals surface area contributed by atoms with Crippen LogP contribution in [0.4, 0.5) is 0 Å². The molecule has 0 aromatic carbocycles. The predicted octanol–water partition coefficient (Wildman–Crippen LogP) is 3.16.